The van der Waals surface area contributed by atoms with Crippen molar-refractivity contribution in [2.75, 3.05) is 11.1 Å². The van der Waals surface area contributed by atoms with Gasteiger partial charge in [-0.1, -0.05) is 36.0 Å². The van der Waals surface area contributed by atoms with Crippen LogP contribution >= 0.6 is 11.8 Å². The van der Waals surface area contributed by atoms with E-state index in [1.165, 1.54) is 6.07 Å². The number of nitrogens with zero attached hydrogens (tertiary/aromatic N) is 3. The minimum atomic E-state index is -0.836. The molecular weight excluding hydrogens is 410 g/mol. The molecule has 0 aliphatic heterocycles. The molecule has 1 heterocycles. The summed E-state index contributed by atoms with van der Waals surface area (Å²) in [7, 11) is 0. The summed E-state index contributed by atoms with van der Waals surface area (Å²) in [5.74, 6) is -0.734. The highest BCUT2D eigenvalue weighted by Crippen LogP contribution is 2.25. The summed E-state index contributed by atoms with van der Waals surface area (Å²) >= 11 is 1.15. The van der Waals surface area contributed by atoms with Gasteiger partial charge in [-0.25, -0.2) is 8.78 Å². The fourth-order valence-corrected chi connectivity index (χ4v) is 3.43. The number of amides is 1. The number of hydrogen-bond acceptors (Lipinski definition) is 5. The lowest BCUT2D eigenvalue weighted by atomic mass is 10.3. The Hall–Kier alpha value is -3.20. The van der Waals surface area contributed by atoms with Crippen molar-refractivity contribution in [1.29, 1.82) is 0 Å². The van der Waals surface area contributed by atoms with E-state index in [2.05, 4.69) is 22.1 Å². The third kappa shape index (κ3) is 5.44. The molecule has 1 N–H and O–H groups in total. The van der Waals surface area contributed by atoms with Crippen molar-refractivity contribution in [1.82, 2.24) is 14.8 Å². The quantitative estimate of drug-likeness (QED) is 0.397. The predicted octanol–water partition coefficient (Wildman–Crippen LogP) is 4.61. The van der Waals surface area contributed by atoms with Crippen LogP contribution in [0.3, 0.4) is 0 Å². The molecule has 30 heavy (non-hydrogen) atoms. The van der Waals surface area contributed by atoms with E-state index in [9.17, 15) is 13.6 Å². The average Bonchev–Trinajstić information content (AvgIpc) is 3.12. The number of benzene rings is 2. The van der Waals surface area contributed by atoms with Gasteiger partial charge in [0.15, 0.2) is 17.1 Å². The minimum Gasteiger partial charge on any atom is -0.483 e. The van der Waals surface area contributed by atoms with E-state index >= 15 is 0 Å². The van der Waals surface area contributed by atoms with E-state index in [-0.39, 0.29) is 17.5 Å². The first-order chi connectivity index (χ1) is 14.5. The number of aromatic nitrogens is 3. The lowest BCUT2D eigenvalue weighted by molar-refractivity contribution is -0.113. The fourth-order valence-electron chi connectivity index (χ4n) is 2.67. The van der Waals surface area contributed by atoms with Crippen LogP contribution in [0.4, 0.5) is 14.5 Å². The lowest BCUT2D eigenvalue weighted by Gasteiger charge is -2.15. The second kappa shape index (κ2) is 10.0. The number of nitrogens with one attached hydrogen (secondary N) is 1. The first kappa shape index (κ1) is 21.5. The van der Waals surface area contributed by atoms with E-state index in [0.717, 1.165) is 17.8 Å². The summed E-state index contributed by atoms with van der Waals surface area (Å²) < 4.78 is 34.4. The number of anilines is 1. The predicted molar refractivity (Wildman–Crippen MR) is 111 cm³/mol. The fraction of sp³-hybridized carbons (Fsp3) is 0.190. The molecule has 0 saturated carbocycles. The minimum absolute atomic E-state index is 0.0278. The highest BCUT2D eigenvalue weighted by atomic mass is 32.2. The smallest absolute Gasteiger partial charge is 0.234 e. The van der Waals surface area contributed by atoms with Gasteiger partial charge in [-0.2, -0.15) is 0 Å². The second-order valence-electron chi connectivity index (χ2n) is 6.27. The van der Waals surface area contributed by atoms with Gasteiger partial charge in [-0.3, -0.25) is 9.36 Å². The third-order valence-electron chi connectivity index (χ3n) is 4.01. The molecule has 1 atom stereocenters. The molecule has 0 fully saturated rings. The summed E-state index contributed by atoms with van der Waals surface area (Å²) in [5, 5.41) is 11.3. The van der Waals surface area contributed by atoms with Crippen LogP contribution < -0.4 is 10.1 Å². The van der Waals surface area contributed by atoms with Gasteiger partial charge in [0, 0.05) is 12.6 Å². The summed E-state index contributed by atoms with van der Waals surface area (Å²) in [6, 6.07) is 12.3. The summed E-state index contributed by atoms with van der Waals surface area (Å²) in [6.07, 6.45) is 1.32. The van der Waals surface area contributed by atoms with Crippen molar-refractivity contribution < 1.29 is 18.3 Å². The zero-order chi connectivity index (χ0) is 21.5. The Balaban J connectivity index is 1.67. The summed E-state index contributed by atoms with van der Waals surface area (Å²) in [4.78, 5) is 12.2. The van der Waals surface area contributed by atoms with Gasteiger partial charge in [-0.15, -0.1) is 16.8 Å². The number of rotatable bonds is 9. The first-order valence-corrected chi connectivity index (χ1v) is 10.1. The Kier molecular flexibility index (Phi) is 7.18. The van der Waals surface area contributed by atoms with Gasteiger partial charge >= 0.3 is 0 Å². The van der Waals surface area contributed by atoms with Crippen LogP contribution in [0.15, 0.2) is 66.3 Å². The van der Waals surface area contributed by atoms with E-state index < -0.39 is 17.5 Å². The van der Waals surface area contributed by atoms with Gasteiger partial charge in [-0.05, 0) is 31.2 Å². The van der Waals surface area contributed by atoms with Crippen molar-refractivity contribution in [3.8, 4) is 5.75 Å². The van der Waals surface area contributed by atoms with Crippen LogP contribution in [-0.4, -0.2) is 26.4 Å². The number of hydrogen-bond donors (Lipinski definition) is 1. The highest BCUT2D eigenvalue weighted by molar-refractivity contribution is 7.99. The number of ether oxygens (including phenoxy) is 1. The number of carbonyl (C=O) groups is 1. The lowest BCUT2D eigenvalue weighted by Crippen LogP contribution is -2.16. The number of para-hydroxylation sites is 1. The zero-order valence-electron chi connectivity index (χ0n) is 16.2. The Labute approximate surface area is 177 Å². The molecule has 3 rings (SSSR count). The molecule has 9 heteroatoms. The van der Waals surface area contributed by atoms with Crippen LogP contribution in [0.25, 0.3) is 0 Å². The van der Waals surface area contributed by atoms with Crippen LogP contribution in [0.2, 0.25) is 0 Å². The summed E-state index contributed by atoms with van der Waals surface area (Å²) in [6.45, 7) is 6.04. The molecule has 1 aromatic heterocycles. The van der Waals surface area contributed by atoms with E-state index in [1.807, 2.05) is 37.3 Å². The van der Waals surface area contributed by atoms with Gasteiger partial charge in [0.05, 0.1) is 11.4 Å². The SMILES string of the molecule is C=CCn1c(SCC(=O)Nc2ccc(F)cc2F)nnc1C(C)Oc1ccccc1. The van der Waals surface area contributed by atoms with Gasteiger partial charge in [0.1, 0.15) is 17.4 Å². The van der Waals surface area contributed by atoms with Gasteiger partial charge < -0.3 is 10.1 Å². The molecule has 1 unspecified atom stereocenters. The largest absolute Gasteiger partial charge is 0.483 e. The molecule has 0 spiro atoms. The van der Waals surface area contributed by atoms with Gasteiger partial charge in [0.2, 0.25) is 5.91 Å². The number of halogens is 2. The van der Waals surface area contributed by atoms with Crippen molar-refractivity contribution in [2.45, 2.75) is 24.7 Å². The van der Waals surface area contributed by atoms with E-state index in [1.54, 1.807) is 10.6 Å². The number of allylic oxidation sites excluding steroid dienone is 1. The topological polar surface area (TPSA) is 69.0 Å². The van der Waals surface area contributed by atoms with E-state index in [0.29, 0.717) is 29.3 Å². The Morgan fingerprint density at radius 1 is 1.27 bits per heavy atom. The summed E-state index contributed by atoms with van der Waals surface area (Å²) in [5.41, 5.74) is -0.0832. The molecule has 3 aromatic rings. The Morgan fingerprint density at radius 2 is 2.03 bits per heavy atom. The maximum atomic E-state index is 13.7. The first-order valence-electron chi connectivity index (χ1n) is 9.11. The molecule has 0 radical (unpaired) electrons. The molecule has 1 amide bonds. The van der Waals surface area contributed by atoms with Crippen LogP contribution in [0.1, 0.15) is 18.9 Å². The van der Waals surface area contributed by atoms with Crippen molar-refractivity contribution in [2.24, 2.45) is 0 Å². The monoisotopic (exact) mass is 430 g/mol. The highest BCUT2D eigenvalue weighted by Gasteiger charge is 2.20. The van der Waals surface area contributed by atoms with E-state index in [4.69, 9.17) is 4.74 Å². The normalized spacial score (nSPS) is 11.7. The maximum Gasteiger partial charge on any atom is 0.234 e. The molecular formula is C21H20F2N4O2S. The molecule has 0 aliphatic rings. The molecule has 0 saturated heterocycles. The van der Waals surface area contributed by atoms with Crippen molar-refractivity contribution in [3.05, 3.63) is 78.6 Å². The van der Waals surface area contributed by atoms with Crippen LogP contribution in [0, 0.1) is 11.6 Å². The van der Waals surface area contributed by atoms with Crippen LogP contribution in [0.5, 0.6) is 5.75 Å². The van der Waals surface area contributed by atoms with Crippen LogP contribution in [-0.2, 0) is 11.3 Å². The molecule has 0 aliphatic carbocycles. The maximum absolute atomic E-state index is 13.7. The molecule has 0 bridgehead atoms. The van der Waals surface area contributed by atoms with Crippen molar-refractivity contribution >= 4 is 23.4 Å². The van der Waals surface area contributed by atoms with Gasteiger partial charge in [0.25, 0.3) is 0 Å². The second-order valence-corrected chi connectivity index (χ2v) is 7.22. The zero-order valence-corrected chi connectivity index (χ0v) is 17.0. The Bertz CT molecular complexity index is 1030. The number of carbonyl (C=O) groups excluding carboxylic acids is 1. The van der Waals surface area contributed by atoms with Crippen molar-refractivity contribution in [3.63, 3.8) is 0 Å². The molecule has 2 aromatic carbocycles. The number of thioether (sulfide) groups is 1. The molecule has 156 valence electrons. The standard InChI is InChI=1S/C21H20F2N4O2S/c1-3-11-27-20(14(2)29-16-7-5-4-6-8-16)25-26-21(27)30-13-19(28)24-18-10-9-15(22)12-17(18)23/h3-10,12,14H,1,11,13H2,2H3,(H,24,28). The third-order valence-corrected chi connectivity index (χ3v) is 4.98. The Morgan fingerprint density at radius 3 is 2.73 bits per heavy atom. The molecule has 6 nitrogen and oxygen atoms in total. The average molecular weight is 430 g/mol.